The van der Waals surface area contributed by atoms with Crippen LogP contribution in [0.1, 0.15) is 18.1 Å². The van der Waals surface area contributed by atoms with Crippen molar-refractivity contribution >= 4 is 33.2 Å². The summed E-state index contributed by atoms with van der Waals surface area (Å²) in [5.74, 6) is -0.0435. The Balaban J connectivity index is 1.57. The Bertz CT molecular complexity index is 969. The van der Waals surface area contributed by atoms with E-state index in [1.54, 1.807) is 12.1 Å². The Hall–Kier alpha value is -1.93. The normalized spacial score (nSPS) is 16.0. The lowest BCUT2D eigenvalue weighted by molar-refractivity contribution is -0.895. The van der Waals surface area contributed by atoms with Crippen LogP contribution in [0.3, 0.4) is 0 Å². The van der Waals surface area contributed by atoms with Crippen LogP contribution in [0.5, 0.6) is 0 Å². The van der Waals surface area contributed by atoms with E-state index in [0.717, 1.165) is 28.1 Å². The Morgan fingerprint density at radius 3 is 2.41 bits per heavy atom. The molecule has 0 saturated carbocycles. The monoisotopic (exact) mass is 436 g/mol. The van der Waals surface area contributed by atoms with Crippen molar-refractivity contribution in [3.8, 4) is 0 Å². The van der Waals surface area contributed by atoms with Gasteiger partial charge in [-0.1, -0.05) is 36.7 Å². The molecule has 29 heavy (non-hydrogen) atoms. The summed E-state index contributed by atoms with van der Waals surface area (Å²) in [6, 6.07) is 12.2. The number of aryl methyl sites for hydroxylation is 2. The van der Waals surface area contributed by atoms with Gasteiger partial charge in [-0.3, -0.25) is 4.79 Å². The first-order valence-electron chi connectivity index (χ1n) is 9.79. The predicted molar refractivity (Wildman–Crippen MR) is 115 cm³/mol. The molecule has 1 aliphatic heterocycles. The van der Waals surface area contributed by atoms with E-state index >= 15 is 0 Å². The van der Waals surface area contributed by atoms with Crippen molar-refractivity contribution in [2.75, 3.05) is 38.0 Å². The SMILES string of the molecule is CCc1cccc(C)c1NC(=O)C[NH+]1CCN(S(=O)(=O)c2ccc(Cl)cc2)CC1. The second-order valence-electron chi connectivity index (χ2n) is 7.30. The Morgan fingerprint density at radius 2 is 1.79 bits per heavy atom. The number of hydrogen-bond donors (Lipinski definition) is 2. The van der Waals surface area contributed by atoms with E-state index in [1.807, 2.05) is 25.1 Å². The lowest BCUT2D eigenvalue weighted by atomic mass is 10.1. The van der Waals surface area contributed by atoms with Crippen molar-refractivity contribution in [1.29, 1.82) is 0 Å². The minimum atomic E-state index is -3.53. The average Bonchev–Trinajstić information content (AvgIpc) is 2.70. The zero-order valence-electron chi connectivity index (χ0n) is 16.7. The smallest absolute Gasteiger partial charge is 0.279 e. The van der Waals surface area contributed by atoms with Crippen LogP contribution in [0.25, 0.3) is 0 Å². The van der Waals surface area contributed by atoms with E-state index < -0.39 is 10.0 Å². The van der Waals surface area contributed by atoms with Crippen LogP contribution in [0.15, 0.2) is 47.4 Å². The lowest BCUT2D eigenvalue weighted by Gasteiger charge is -2.31. The zero-order chi connectivity index (χ0) is 21.0. The van der Waals surface area contributed by atoms with Crippen molar-refractivity contribution < 1.29 is 18.1 Å². The van der Waals surface area contributed by atoms with Gasteiger partial charge in [0.05, 0.1) is 31.1 Å². The van der Waals surface area contributed by atoms with Gasteiger partial charge in [0.1, 0.15) is 0 Å². The molecule has 3 rings (SSSR count). The lowest BCUT2D eigenvalue weighted by Crippen LogP contribution is -3.15. The summed E-state index contributed by atoms with van der Waals surface area (Å²) in [5.41, 5.74) is 3.06. The third-order valence-corrected chi connectivity index (χ3v) is 7.46. The fraction of sp³-hybridized carbons (Fsp3) is 0.381. The number of nitrogens with one attached hydrogen (secondary N) is 2. The van der Waals surface area contributed by atoms with E-state index in [2.05, 4.69) is 12.2 Å². The van der Waals surface area contributed by atoms with Crippen molar-refractivity contribution in [2.45, 2.75) is 25.2 Å². The minimum absolute atomic E-state index is 0.0435. The molecule has 1 amide bonds. The number of nitrogens with zero attached hydrogens (tertiary/aromatic N) is 1. The molecule has 0 bridgehead atoms. The second kappa shape index (κ2) is 9.26. The van der Waals surface area contributed by atoms with E-state index in [9.17, 15) is 13.2 Å². The first-order valence-corrected chi connectivity index (χ1v) is 11.6. The molecular weight excluding hydrogens is 410 g/mol. The van der Waals surface area contributed by atoms with Gasteiger partial charge in [-0.15, -0.1) is 0 Å². The van der Waals surface area contributed by atoms with Gasteiger partial charge in [0.15, 0.2) is 6.54 Å². The van der Waals surface area contributed by atoms with E-state index in [-0.39, 0.29) is 10.8 Å². The fourth-order valence-corrected chi connectivity index (χ4v) is 5.16. The number of para-hydroxylation sites is 1. The van der Waals surface area contributed by atoms with Crippen LogP contribution in [0.2, 0.25) is 5.02 Å². The molecule has 1 saturated heterocycles. The molecule has 2 aromatic rings. The van der Waals surface area contributed by atoms with E-state index in [1.165, 1.54) is 16.4 Å². The minimum Gasteiger partial charge on any atom is -0.325 e. The second-order valence-corrected chi connectivity index (χ2v) is 9.67. The topological polar surface area (TPSA) is 70.9 Å². The number of amides is 1. The number of carbonyl (C=O) groups excluding carboxylic acids is 1. The van der Waals surface area contributed by atoms with Crippen LogP contribution < -0.4 is 10.2 Å². The Morgan fingerprint density at radius 1 is 1.14 bits per heavy atom. The van der Waals surface area contributed by atoms with Gasteiger partial charge in [-0.05, 0) is 48.7 Å². The van der Waals surface area contributed by atoms with Gasteiger partial charge in [0.25, 0.3) is 5.91 Å². The first-order chi connectivity index (χ1) is 13.8. The summed E-state index contributed by atoms with van der Waals surface area (Å²) in [5, 5.41) is 3.55. The number of rotatable bonds is 6. The highest BCUT2D eigenvalue weighted by atomic mass is 35.5. The summed E-state index contributed by atoms with van der Waals surface area (Å²) in [6.07, 6.45) is 0.853. The molecule has 0 unspecified atom stereocenters. The van der Waals surface area contributed by atoms with Crippen molar-refractivity contribution in [2.24, 2.45) is 0 Å². The molecule has 1 fully saturated rings. The molecular formula is C21H27ClN3O3S+. The average molecular weight is 437 g/mol. The van der Waals surface area contributed by atoms with E-state index in [4.69, 9.17) is 11.6 Å². The van der Waals surface area contributed by atoms with Gasteiger partial charge < -0.3 is 10.2 Å². The largest absolute Gasteiger partial charge is 0.325 e. The molecule has 1 aliphatic rings. The maximum Gasteiger partial charge on any atom is 0.279 e. The van der Waals surface area contributed by atoms with Crippen LogP contribution in [0.4, 0.5) is 5.69 Å². The van der Waals surface area contributed by atoms with Crippen molar-refractivity contribution in [3.05, 3.63) is 58.6 Å². The van der Waals surface area contributed by atoms with Gasteiger partial charge in [-0.2, -0.15) is 4.31 Å². The van der Waals surface area contributed by atoms with Gasteiger partial charge in [-0.25, -0.2) is 8.42 Å². The van der Waals surface area contributed by atoms with Crippen molar-refractivity contribution in [1.82, 2.24) is 4.31 Å². The highest BCUT2D eigenvalue weighted by molar-refractivity contribution is 7.89. The van der Waals surface area contributed by atoms with Gasteiger partial charge >= 0.3 is 0 Å². The molecule has 0 aromatic heterocycles. The molecule has 0 atom stereocenters. The zero-order valence-corrected chi connectivity index (χ0v) is 18.3. The van der Waals surface area contributed by atoms with Crippen LogP contribution in [0, 0.1) is 6.92 Å². The first kappa shape index (κ1) is 21.8. The summed E-state index contributed by atoms with van der Waals surface area (Å²) in [4.78, 5) is 13.9. The number of sulfonamides is 1. The Kier molecular flexibility index (Phi) is 6.95. The third-order valence-electron chi connectivity index (χ3n) is 5.30. The van der Waals surface area contributed by atoms with Gasteiger partial charge in [0, 0.05) is 10.7 Å². The maximum absolute atomic E-state index is 12.8. The number of halogens is 1. The molecule has 156 valence electrons. The maximum atomic E-state index is 12.8. The standard InChI is InChI=1S/C21H26ClN3O3S/c1-3-17-6-4-5-16(2)21(17)23-20(26)15-24-11-13-25(14-12-24)29(27,28)19-9-7-18(22)8-10-19/h4-10H,3,11-15H2,1-2H3,(H,23,26)/p+1. The highest BCUT2D eigenvalue weighted by Crippen LogP contribution is 2.21. The number of carbonyl (C=O) groups is 1. The molecule has 2 aromatic carbocycles. The summed E-state index contributed by atoms with van der Waals surface area (Å²) in [6.45, 7) is 6.34. The molecule has 2 N–H and O–H groups in total. The number of quaternary nitrogens is 1. The van der Waals surface area contributed by atoms with Crippen molar-refractivity contribution in [3.63, 3.8) is 0 Å². The quantitative estimate of drug-likeness (QED) is 0.724. The summed E-state index contributed by atoms with van der Waals surface area (Å²) < 4.78 is 27.0. The molecule has 1 heterocycles. The van der Waals surface area contributed by atoms with Crippen LogP contribution >= 0.6 is 11.6 Å². The number of hydrogen-bond acceptors (Lipinski definition) is 3. The highest BCUT2D eigenvalue weighted by Gasteiger charge is 2.31. The molecule has 8 heteroatoms. The summed E-state index contributed by atoms with van der Waals surface area (Å²) >= 11 is 5.85. The third kappa shape index (κ3) is 5.17. The predicted octanol–water partition coefficient (Wildman–Crippen LogP) is 1.74. The van der Waals surface area contributed by atoms with Crippen LogP contribution in [-0.2, 0) is 21.2 Å². The molecule has 0 spiro atoms. The summed E-state index contributed by atoms with van der Waals surface area (Å²) in [7, 11) is -3.53. The molecule has 6 nitrogen and oxygen atoms in total. The van der Waals surface area contributed by atoms with Crippen LogP contribution in [-0.4, -0.2) is 51.4 Å². The molecule has 0 aliphatic carbocycles. The fourth-order valence-electron chi connectivity index (χ4n) is 3.59. The number of benzene rings is 2. The van der Waals surface area contributed by atoms with Gasteiger partial charge in [0.2, 0.25) is 10.0 Å². The number of piperazine rings is 1. The van der Waals surface area contributed by atoms with E-state index in [0.29, 0.717) is 37.7 Å². The number of anilines is 1. The molecule has 0 radical (unpaired) electrons. The Labute approximate surface area is 177 Å².